The number of rotatable bonds is 10. The van der Waals surface area contributed by atoms with Gasteiger partial charge in [-0.15, -0.1) is 0 Å². The van der Waals surface area contributed by atoms with Crippen LogP contribution < -0.4 is 21.7 Å². The van der Waals surface area contributed by atoms with Crippen LogP contribution in [0.4, 0.5) is 5.13 Å². The third-order valence-corrected chi connectivity index (χ3v) is 4.42. The summed E-state index contributed by atoms with van der Waals surface area (Å²) in [6.45, 7) is -0.469. The summed E-state index contributed by atoms with van der Waals surface area (Å²) in [5.74, 6) is -1.68. The maximum atomic E-state index is 12.0. The van der Waals surface area contributed by atoms with Gasteiger partial charge in [-0.1, -0.05) is 23.5 Å². The molecule has 11 heteroatoms. The van der Waals surface area contributed by atoms with E-state index in [2.05, 4.69) is 20.9 Å². The van der Waals surface area contributed by atoms with E-state index in [1.165, 1.54) is 18.3 Å². The van der Waals surface area contributed by atoms with Crippen LogP contribution in [0, 0.1) is 0 Å². The number of carbonyl (C=O) groups is 4. The van der Waals surface area contributed by atoms with Gasteiger partial charge >= 0.3 is 0 Å². The van der Waals surface area contributed by atoms with E-state index in [0.717, 1.165) is 11.3 Å². The molecule has 1 atom stereocenters. The van der Waals surface area contributed by atoms with Crippen molar-refractivity contribution in [2.75, 3.05) is 18.4 Å². The Morgan fingerprint density at radius 1 is 1.18 bits per heavy atom. The molecule has 1 aromatic carbocycles. The Bertz CT molecular complexity index is 852. The number of aromatic hydroxyl groups is 1. The summed E-state index contributed by atoms with van der Waals surface area (Å²) in [4.78, 5) is 50.2. The molecule has 28 heavy (non-hydrogen) atoms. The van der Waals surface area contributed by atoms with Crippen molar-refractivity contribution in [3.8, 4) is 5.75 Å². The van der Waals surface area contributed by atoms with Crippen molar-refractivity contribution >= 4 is 40.5 Å². The zero-order valence-corrected chi connectivity index (χ0v) is 15.5. The Hall–Kier alpha value is -3.47. The highest BCUT2D eigenvalue weighted by Crippen LogP contribution is 2.15. The summed E-state index contributed by atoms with van der Waals surface area (Å²) in [7, 11) is 0. The number of hydrogen-bond donors (Lipinski definition) is 5. The number of phenols is 1. The van der Waals surface area contributed by atoms with Crippen molar-refractivity contribution in [1.29, 1.82) is 0 Å². The van der Waals surface area contributed by atoms with Crippen LogP contribution in [0.15, 0.2) is 30.5 Å². The molecular weight excluding hydrogens is 386 g/mol. The van der Waals surface area contributed by atoms with E-state index in [0.29, 0.717) is 21.9 Å². The topological polar surface area (TPSA) is 164 Å². The zero-order valence-electron chi connectivity index (χ0n) is 14.7. The zero-order chi connectivity index (χ0) is 20.5. The molecule has 0 saturated heterocycles. The molecule has 10 nitrogen and oxygen atoms in total. The van der Waals surface area contributed by atoms with E-state index in [-0.39, 0.29) is 25.3 Å². The lowest BCUT2D eigenvalue weighted by Crippen LogP contribution is -2.49. The number of hydrogen-bond acceptors (Lipinski definition) is 8. The summed E-state index contributed by atoms with van der Waals surface area (Å²) in [5.41, 5.74) is 6.02. The smallest absolute Gasteiger partial charge is 0.240 e. The summed E-state index contributed by atoms with van der Waals surface area (Å²) < 4.78 is 0. The van der Waals surface area contributed by atoms with Crippen LogP contribution in [-0.4, -0.2) is 53.2 Å². The van der Waals surface area contributed by atoms with Gasteiger partial charge in [0.05, 0.1) is 24.2 Å². The molecule has 0 fully saturated rings. The number of nitrogens with two attached hydrogens (primary N) is 1. The molecule has 0 saturated carbocycles. The van der Waals surface area contributed by atoms with Crippen molar-refractivity contribution < 1.29 is 24.3 Å². The lowest BCUT2D eigenvalue weighted by Gasteiger charge is -2.16. The molecule has 2 aromatic rings. The fourth-order valence-electron chi connectivity index (χ4n) is 2.16. The SMILES string of the molecule is NC(=O)[C@H](Cc1ccc(O)cc1)NC(=O)CNC(=O)CNc1ncc(C=O)s1. The van der Waals surface area contributed by atoms with Gasteiger partial charge in [-0.25, -0.2) is 4.98 Å². The summed E-state index contributed by atoms with van der Waals surface area (Å²) >= 11 is 1.10. The molecule has 6 N–H and O–H groups in total. The number of amides is 3. The molecule has 0 spiro atoms. The number of anilines is 1. The Balaban J connectivity index is 1.76. The lowest BCUT2D eigenvalue weighted by atomic mass is 10.1. The maximum absolute atomic E-state index is 12.0. The lowest BCUT2D eigenvalue weighted by molar-refractivity contribution is -0.128. The summed E-state index contributed by atoms with van der Waals surface area (Å²) in [5, 5.41) is 17.3. The first-order chi connectivity index (χ1) is 13.4. The first-order valence-corrected chi connectivity index (χ1v) is 8.97. The largest absolute Gasteiger partial charge is 0.508 e. The Labute approximate surface area is 164 Å². The molecule has 0 bridgehead atoms. The average molecular weight is 405 g/mol. The molecule has 148 valence electrons. The number of primary amides is 1. The first-order valence-electron chi connectivity index (χ1n) is 8.15. The average Bonchev–Trinajstić information content (AvgIpc) is 3.14. The van der Waals surface area contributed by atoms with Gasteiger partial charge in [-0.3, -0.25) is 19.2 Å². The normalized spacial score (nSPS) is 11.3. The van der Waals surface area contributed by atoms with Crippen LogP contribution in [-0.2, 0) is 20.8 Å². The van der Waals surface area contributed by atoms with Crippen molar-refractivity contribution in [1.82, 2.24) is 15.6 Å². The number of nitrogens with zero attached hydrogens (tertiary/aromatic N) is 1. The van der Waals surface area contributed by atoms with Crippen molar-refractivity contribution in [2.24, 2.45) is 5.73 Å². The van der Waals surface area contributed by atoms with Crippen LogP contribution in [0.1, 0.15) is 15.2 Å². The van der Waals surface area contributed by atoms with Gasteiger partial charge in [0.25, 0.3) is 0 Å². The second-order valence-electron chi connectivity index (χ2n) is 5.71. The van der Waals surface area contributed by atoms with E-state index in [9.17, 15) is 24.3 Å². The summed E-state index contributed by atoms with van der Waals surface area (Å²) in [6.07, 6.45) is 2.18. The summed E-state index contributed by atoms with van der Waals surface area (Å²) in [6, 6.07) is 5.19. The minimum Gasteiger partial charge on any atom is -0.508 e. The van der Waals surface area contributed by atoms with E-state index in [1.807, 2.05) is 0 Å². The molecule has 0 radical (unpaired) electrons. The highest BCUT2D eigenvalue weighted by atomic mass is 32.1. The number of aldehydes is 1. The van der Waals surface area contributed by atoms with Gasteiger partial charge in [-0.05, 0) is 17.7 Å². The van der Waals surface area contributed by atoms with E-state index >= 15 is 0 Å². The fraction of sp³-hybridized carbons (Fsp3) is 0.235. The number of nitrogens with one attached hydrogen (secondary N) is 3. The Morgan fingerprint density at radius 3 is 2.50 bits per heavy atom. The molecule has 0 aliphatic heterocycles. The predicted molar refractivity (Wildman–Crippen MR) is 102 cm³/mol. The van der Waals surface area contributed by atoms with E-state index < -0.39 is 23.8 Å². The second kappa shape index (κ2) is 10.0. The third kappa shape index (κ3) is 6.68. The van der Waals surface area contributed by atoms with Crippen LogP contribution >= 0.6 is 11.3 Å². The standard InChI is InChI=1S/C17H19N5O5S/c18-16(27)13(5-10-1-3-11(24)4-2-10)22-15(26)8-19-14(25)7-21-17-20-6-12(9-23)28-17/h1-4,6,9,13,24H,5,7-8H2,(H2,18,27)(H,19,25)(H,20,21)(H,22,26)/t13-/m0/s1. The second-order valence-corrected chi connectivity index (χ2v) is 6.77. The number of benzene rings is 1. The number of aromatic nitrogens is 1. The minimum absolute atomic E-state index is 0.0832. The van der Waals surface area contributed by atoms with E-state index in [1.54, 1.807) is 12.1 Å². The number of carbonyl (C=O) groups excluding carboxylic acids is 4. The first kappa shape index (κ1) is 20.8. The van der Waals surface area contributed by atoms with Gasteiger partial charge in [0, 0.05) is 6.42 Å². The van der Waals surface area contributed by atoms with Crippen molar-refractivity contribution in [2.45, 2.75) is 12.5 Å². The number of thiazole rings is 1. The Kier molecular flexibility index (Phi) is 7.45. The monoisotopic (exact) mass is 405 g/mol. The molecule has 3 amide bonds. The van der Waals surface area contributed by atoms with Gasteiger partial charge in [0.2, 0.25) is 17.7 Å². The third-order valence-electron chi connectivity index (χ3n) is 3.54. The highest BCUT2D eigenvalue weighted by Gasteiger charge is 2.19. The molecule has 1 heterocycles. The van der Waals surface area contributed by atoms with Crippen LogP contribution in [0.3, 0.4) is 0 Å². The fourth-order valence-corrected chi connectivity index (χ4v) is 2.78. The van der Waals surface area contributed by atoms with Crippen LogP contribution in [0.25, 0.3) is 0 Å². The predicted octanol–water partition coefficient (Wildman–Crippen LogP) is -0.598. The van der Waals surface area contributed by atoms with Crippen molar-refractivity contribution in [3.05, 3.63) is 40.9 Å². The van der Waals surface area contributed by atoms with Gasteiger partial charge in [0.1, 0.15) is 11.8 Å². The maximum Gasteiger partial charge on any atom is 0.240 e. The molecule has 0 aliphatic carbocycles. The molecular formula is C17H19N5O5S. The molecule has 0 unspecified atom stereocenters. The molecule has 1 aromatic heterocycles. The highest BCUT2D eigenvalue weighted by molar-refractivity contribution is 7.17. The van der Waals surface area contributed by atoms with Crippen LogP contribution in [0.2, 0.25) is 0 Å². The van der Waals surface area contributed by atoms with Crippen LogP contribution in [0.5, 0.6) is 5.75 Å². The van der Waals surface area contributed by atoms with E-state index in [4.69, 9.17) is 5.73 Å². The van der Waals surface area contributed by atoms with Gasteiger partial charge in [0.15, 0.2) is 11.4 Å². The Morgan fingerprint density at radius 2 is 1.89 bits per heavy atom. The number of phenolic OH excluding ortho intramolecular Hbond substituents is 1. The van der Waals surface area contributed by atoms with Gasteiger partial charge < -0.3 is 26.8 Å². The van der Waals surface area contributed by atoms with Crippen molar-refractivity contribution in [3.63, 3.8) is 0 Å². The quantitative estimate of drug-likeness (QED) is 0.329. The minimum atomic E-state index is -0.954. The van der Waals surface area contributed by atoms with Gasteiger partial charge in [-0.2, -0.15) is 0 Å². The molecule has 0 aliphatic rings. The molecule has 2 rings (SSSR count).